The molecule has 61 valence electrons. The van der Waals surface area contributed by atoms with Gasteiger partial charge in [-0.15, -0.1) is 0 Å². The maximum absolute atomic E-state index is 5.67. The largest absolute Gasteiger partial charge is 0.399 e. The van der Waals surface area contributed by atoms with Crippen LogP contribution in [0.25, 0.3) is 10.9 Å². The molecule has 0 bridgehead atoms. The lowest BCUT2D eigenvalue weighted by Crippen LogP contribution is -1.83. The van der Waals surface area contributed by atoms with E-state index in [9.17, 15) is 0 Å². The van der Waals surface area contributed by atoms with Crippen LogP contribution in [-0.4, -0.2) is 4.98 Å². The minimum absolute atomic E-state index is 0.795. The number of hydrogen-bond donors (Lipinski definition) is 2. The molecule has 0 atom stereocenters. The summed E-state index contributed by atoms with van der Waals surface area (Å²) in [4.78, 5) is 3.17. The molecule has 1 radical (unpaired) electrons. The molecule has 2 nitrogen and oxygen atoms in total. The molecule has 0 saturated heterocycles. The molecular weight excluding hydrogens is 148 g/mol. The fourth-order valence-electron chi connectivity index (χ4n) is 1.40. The highest BCUT2D eigenvalue weighted by atomic mass is 14.7. The maximum Gasteiger partial charge on any atom is 0.0458 e. The highest BCUT2D eigenvalue weighted by molar-refractivity contribution is 5.86. The Bertz CT molecular complexity index is 401. The number of rotatable bonds is 1. The average Bonchev–Trinajstić information content (AvgIpc) is 2.46. The van der Waals surface area contributed by atoms with Gasteiger partial charge in [0.2, 0.25) is 0 Å². The number of fused-ring (bicyclic) bond motifs is 1. The van der Waals surface area contributed by atoms with Crippen LogP contribution in [0, 0.1) is 6.92 Å². The quantitative estimate of drug-likeness (QED) is 0.615. The average molecular weight is 159 g/mol. The molecule has 0 fully saturated rings. The third-order valence-electron chi connectivity index (χ3n) is 2.06. The topological polar surface area (TPSA) is 41.8 Å². The smallest absolute Gasteiger partial charge is 0.0458 e. The molecule has 0 aliphatic carbocycles. The summed E-state index contributed by atoms with van der Waals surface area (Å²) in [5, 5.41) is 1.19. The van der Waals surface area contributed by atoms with Crippen molar-refractivity contribution in [2.75, 3.05) is 5.73 Å². The van der Waals surface area contributed by atoms with Gasteiger partial charge in [0.25, 0.3) is 0 Å². The van der Waals surface area contributed by atoms with Gasteiger partial charge in [0.05, 0.1) is 0 Å². The fraction of sp³-hybridized carbons (Fsp3) is 0.100. The third-order valence-corrected chi connectivity index (χ3v) is 2.06. The number of nitrogens with two attached hydrogens (primary N) is 1. The number of aromatic amines is 1. The molecule has 0 amide bonds. The van der Waals surface area contributed by atoms with Crippen molar-refractivity contribution in [3.63, 3.8) is 0 Å². The maximum atomic E-state index is 5.67. The Balaban J connectivity index is 2.75. The van der Waals surface area contributed by atoms with E-state index in [2.05, 4.69) is 11.9 Å². The number of hydrogen-bond acceptors (Lipinski definition) is 1. The van der Waals surface area contributed by atoms with Crippen molar-refractivity contribution in [2.45, 2.75) is 6.42 Å². The molecule has 0 spiro atoms. The van der Waals surface area contributed by atoms with E-state index >= 15 is 0 Å². The van der Waals surface area contributed by atoms with E-state index in [4.69, 9.17) is 5.73 Å². The lowest BCUT2D eigenvalue weighted by atomic mass is 10.1. The van der Waals surface area contributed by atoms with Gasteiger partial charge in [0.15, 0.2) is 0 Å². The second kappa shape index (κ2) is 2.55. The highest BCUT2D eigenvalue weighted by Crippen LogP contribution is 2.20. The molecule has 2 aromatic rings. The molecule has 1 heterocycles. The highest BCUT2D eigenvalue weighted by Gasteiger charge is 2.00. The van der Waals surface area contributed by atoms with Crippen molar-refractivity contribution in [3.05, 3.63) is 36.9 Å². The number of benzene rings is 1. The van der Waals surface area contributed by atoms with Gasteiger partial charge in [0.1, 0.15) is 0 Å². The van der Waals surface area contributed by atoms with Crippen LogP contribution in [0.4, 0.5) is 5.69 Å². The summed E-state index contributed by atoms with van der Waals surface area (Å²) in [7, 11) is 0. The molecule has 0 saturated carbocycles. The molecule has 12 heavy (non-hydrogen) atoms. The molecule has 1 aromatic heterocycles. The Kier molecular flexibility index (Phi) is 1.54. The van der Waals surface area contributed by atoms with E-state index < -0.39 is 0 Å². The Morgan fingerprint density at radius 3 is 3.00 bits per heavy atom. The third kappa shape index (κ3) is 0.961. The number of nitrogen functional groups attached to an aromatic ring is 1. The Morgan fingerprint density at radius 2 is 2.25 bits per heavy atom. The van der Waals surface area contributed by atoms with Gasteiger partial charge in [-0.05, 0) is 37.1 Å². The Hall–Kier alpha value is -1.44. The first-order valence-corrected chi connectivity index (χ1v) is 3.96. The number of aromatic nitrogens is 1. The zero-order valence-corrected chi connectivity index (χ0v) is 6.80. The zero-order chi connectivity index (χ0) is 8.55. The predicted octanol–water partition coefficient (Wildman–Crippen LogP) is 2.13. The lowest BCUT2D eigenvalue weighted by molar-refractivity contribution is 1.29. The van der Waals surface area contributed by atoms with Gasteiger partial charge >= 0.3 is 0 Å². The first-order valence-electron chi connectivity index (χ1n) is 3.96. The summed E-state index contributed by atoms with van der Waals surface area (Å²) in [5.74, 6) is 0. The van der Waals surface area contributed by atoms with Crippen LogP contribution in [0.3, 0.4) is 0 Å². The van der Waals surface area contributed by atoms with Gasteiger partial charge in [-0.2, -0.15) is 0 Å². The van der Waals surface area contributed by atoms with Gasteiger partial charge in [-0.1, -0.05) is 0 Å². The monoisotopic (exact) mass is 159 g/mol. The van der Waals surface area contributed by atoms with E-state index in [0.29, 0.717) is 0 Å². The van der Waals surface area contributed by atoms with E-state index in [1.807, 2.05) is 24.4 Å². The minimum atomic E-state index is 0.795. The van der Waals surface area contributed by atoms with E-state index in [-0.39, 0.29) is 0 Å². The standard InChI is InChI=1S/C10H11N2/c1-2-7-6-12-10-4-3-8(11)5-9(7)10/h3-6,12H,1-2,11H2. The number of anilines is 1. The van der Waals surface area contributed by atoms with Crippen LogP contribution in [-0.2, 0) is 6.42 Å². The van der Waals surface area contributed by atoms with Gasteiger partial charge in [-0.25, -0.2) is 0 Å². The molecule has 1 aromatic carbocycles. The summed E-state index contributed by atoms with van der Waals surface area (Å²) >= 11 is 0. The second-order valence-corrected chi connectivity index (χ2v) is 2.87. The Labute approximate surface area is 71.4 Å². The summed E-state index contributed by atoms with van der Waals surface area (Å²) in [6.45, 7) is 3.85. The van der Waals surface area contributed by atoms with Gasteiger partial charge in [0, 0.05) is 22.8 Å². The SMILES string of the molecule is [CH2]Cc1c[nH]c2ccc(N)cc12. The molecule has 0 aliphatic rings. The van der Waals surface area contributed by atoms with Gasteiger partial charge < -0.3 is 10.7 Å². The normalized spacial score (nSPS) is 10.8. The number of nitrogens with one attached hydrogen (secondary N) is 1. The first kappa shape index (κ1) is 7.22. The molecule has 2 heteroatoms. The lowest BCUT2D eigenvalue weighted by Gasteiger charge is -1.95. The van der Waals surface area contributed by atoms with Crippen molar-refractivity contribution < 1.29 is 0 Å². The van der Waals surface area contributed by atoms with Crippen LogP contribution < -0.4 is 5.73 Å². The van der Waals surface area contributed by atoms with Crippen molar-refractivity contribution in [1.82, 2.24) is 4.98 Å². The van der Waals surface area contributed by atoms with Crippen molar-refractivity contribution >= 4 is 16.6 Å². The molecule has 0 unspecified atom stereocenters. The zero-order valence-electron chi connectivity index (χ0n) is 6.80. The van der Waals surface area contributed by atoms with Crippen LogP contribution in [0.5, 0.6) is 0 Å². The van der Waals surface area contributed by atoms with E-state index in [1.54, 1.807) is 0 Å². The van der Waals surface area contributed by atoms with Crippen molar-refractivity contribution in [3.8, 4) is 0 Å². The second-order valence-electron chi connectivity index (χ2n) is 2.87. The van der Waals surface area contributed by atoms with Crippen LogP contribution in [0.2, 0.25) is 0 Å². The summed E-state index contributed by atoms with van der Waals surface area (Å²) < 4.78 is 0. The van der Waals surface area contributed by atoms with E-state index in [0.717, 1.165) is 17.6 Å². The summed E-state index contributed by atoms with van der Waals surface area (Å²) in [6, 6.07) is 5.86. The number of H-pyrrole nitrogens is 1. The fourth-order valence-corrected chi connectivity index (χ4v) is 1.40. The van der Waals surface area contributed by atoms with Crippen LogP contribution in [0.1, 0.15) is 5.56 Å². The van der Waals surface area contributed by atoms with E-state index in [1.165, 1.54) is 10.9 Å². The molecular formula is C10H11N2. The molecule has 3 N–H and O–H groups in total. The van der Waals surface area contributed by atoms with Gasteiger partial charge in [-0.3, -0.25) is 0 Å². The molecule has 2 rings (SSSR count). The predicted molar refractivity (Wildman–Crippen MR) is 51.8 cm³/mol. The summed E-state index contributed by atoms with van der Waals surface area (Å²) in [6.07, 6.45) is 2.78. The van der Waals surface area contributed by atoms with Crippen LogP contribution >= 0.6 is 0 Å². The van der Waals surface area contributed by atoms with Crippen molar-refractivity contribution in [1.29, 1.82) is 0 Å². The summed E-state index contributed by atoms with van der Waals surface area (Å²) in [5.41, 5.74) is 8.82. The Morgan fingerprint density at radius 1 is 1.42 bits per heavy atom. The first-order chi connectivity index (χ1) is 5.81. The van der Waals surface area contributed by atoms with Crippen molar-refractivity contribution in [2.24, 2.45) is 0 Å². The molecule has 0 aliphatic heterocycles. The van der Waals surface area contributed by atoms with Crippen LogP contribution in [0.15, 0.2) is 24.4 Å². The minimum Gasteiger partial charge on any atom is -0.399 e.